The maximum absolute atomic E-state index is 12.8. The molecule has 2 atom stereocenters. The number of methoxy groups -OCH3 is 1. The van der Waals surface area contributed by atoms with Crippen LogP contribution in [0.5, 0.6) is 0 Å². The van der Waals surface area contributed by atoms with Gasteiger partial charge in [-0.25, -0.2) is 0 Å². The second-order valence-electron chi connectivity index (χ2n) is 7.26. The highest BCUT2D eigenvalue weighted by Crippen LogP contribution is 2.33. The molecule has 0 aromatic heterocycles. The van der Waals surface area contributed by atoms with Gasteiger partial charge >= 0.3 is 0 Å². The lowest BCUT2D eigenvalue weighted by Gasteiger charge is -2.37. The van der Waals surface area contributed by atoms with E-state index in [2.05, 4.69) is 41.8 Å². The lowest BCUT2D eigenvalue weighted by Crippen LogP contribution is -2.55. The van der Waals surface area contributed by atoms with Gasteiger partial charge in [-0.3, -0.25) is 4.79 Å². The normalized spacial score (nSPS) is 25.2. The van der Waals surface area contributed by atoms with Crippen LogP contribution < -0.4 is 10.6 Å². The van der Waals surface area contributed by atoms with E-state index in [1.807, 2.05) is 0 Å². The number of ether oxygens (including phenoxy) is 2. The maximum Gasteiger partial charge on any atom is 0.252 e. The Morgan fingerprint density at radius 3 is 2.65 bits per heavy atom. The number of nitrogens with one attached hydrogen (secondary N) is 2. The van der Waals surface area contributed by atoms with Crippen LogP contribution >= 0.6 is 12.4 Å². The van der Waals surface area contributed by atoms with Crippen LogP contribution in [0, 0.1) is 12.8 Å². The Kier molecular flexibility index (Phi) is 7.89. The summed E-state index contributed by atoms with van der Waals surface area (Å²) in [5.41, 5.74) is 1.77. The zero-order valence-electron chi connectivity index (χ0n) is 15.8. The van der Waals surface area contributed by atoms with Gasteiger partial charge in [0.1, 0.15) is 5.60 Å². The SMILES string of the molecule is COC1(C(=O)NCC2CCCOC2c2ccc(C)cc2)CCNCC1.Cl. The third kappa shape index (κ3) is 4.77. The van der Waals surface area contributed by atoms with Gasteiger partial charge in [-0.2, -0.15) is 0 Å². The number of hydrogen-bond donors (Lipinski definition) is 2. The first-order chi connectivity index (χ1) is 12.1. The van der Waals surface area contributed by atoms with E-state index in [0.29, 0.717) is 12.5 Å². The molecule has 0 saturated carbocycles. The van der Waals surface area contributed by atoms with Gasteiger partial charge in [0.2, 0.25) is 0 Å². The zero-order chi connectivity index (χ0) is 17.7. The molecule has 2 fully saturated rings. The van der Waals surface area contributed by atoms with Gasteiger partial charge in [0.25, 0.3) is 5.91 Å². The third-order valence-corrected chi connectivity index (χ3v) is 5.59. The molecule has 2 saturated heterocycles. The van der Waals surface area contributed by atoms with Gasteiger partial charge in [0.05, 0.1) is 6.10 Å². The predicted octanol–water partition coefficient (Wildman–Crippen LogP) is 2.77. The first-order valence-electron chi connectivity index (χ1n) is 9.37. The highest BCUT2D eigenvalue weighted by Gasteiger charge is 2.40. The summed E-state index contributed by atoms with van der Waals surface area (Å²) in [7, 11) is 1.64. The number of carbonyl (C=O) groups excluding carboxylic acids is 1. The van der Waals surface area contributed by atoms with E-state index >= 15 is 0 Å². The molecule has 1 amide bonds. The van der Waals surface area contributed by atoms with Crippen LogP contribution in [0.25, 0.3) is 0 Å². The molecule has 5 nitrogen and oxygen atoms in total. The number of piperidine rings is 1. The molecule has 146 valence electrons. The molecule has 6 heteroatoms. The molecule has 3 rings (SSSR count). The second kappa shape index (κ2) is 9.70. The average molecular weight is 383 g/mol. The van der Waals surface area contributed by atoms with Crippen molar-refractivity contribution in [1.29, 1.82) is 0 Å². The Bertz CT molecular complexity index is 573. The molecule has 2 aliphatic heterocycles. The summed E-state index contributed by atoms with van der Waals surface area (Å²) in [6, 6.07) is 8.53. The van der Waals surface area contributed by atoms with E-state index in [1.54, 1.807) is 7.11 Å². The van der Waals surface area contributed by atoms with Crippen molar-refractivity contribution in [2.45, 2.75) is 44.3 Å². The maximum atomic E-state index is 12.8. The minimum Gasteiger partial charge on any atom is -0.373 e. The van der Waals surface area contributed by atoms with Crippen molar-refractivity contribution in [3.05, 3.63) is 35.4 Å². The van der Waals surface area contributed by atoms with Crippen LogP contribution in [0.15, 0.2) is 24.3 Å². The lowest BCUT2D eigenvalue weighted by atomic mass is 9.88. The highest BCUT2D eigenvalue weighted by atomic mass is 35.5. The van der Waals surface area contributed by atoms with E-state index in [-0.39, 0.29) is 24.4 Å². The van der Waals surface area contributed by atoms with E-state index in [0.717, 1.165) is 45.4 Å². The number of rotatable bonds is 5. The number of halogens is 1. The van der Waals surface area contributed by atoms with Gasteiger partial charge in [-0.05, 0) is 51.3 Å². The molecule has 0 radical (unpaired) electrons. The zero-order valence-corrected chi connectivity index (χ0v) is 16.6. The minimum absolute atomic E-state index is 0. The first kappa shape index (κ1) is 21.2. The Balaban J connectivity index is 0.00000243. The smallest absolute Gasteiger partial charge is 0.252 e. The molecule has 0 bridgehead atoms. The highest BCUT2D eigenvalue weighted by molar-refractivity contribution is 5.85. The predicted molar refractivity (Wildman–Crippen MR) is 105 cm³/mol. The number of amides is 1. The van der Waals surface area contributed by atoms with Gasteiger partial charge in [-0.1, -0.05) is 29.8 Å². The van der Waals surface area contributed by atoms with Crippen LogP contribution in [-0.2, 0) is 14.3 Å². The summed E-state index contributed by atoms with van der Waals surface area (Å²) in [6.07, 6.45) is 3.61. The van der Waals surface area contributed by atoms with E-state index in [9.17, 15) is 4.79 Å². The monoisotopic (exact) mass is 382 g/mol. The molecular weight excluding hydrogens is 352 g/mol. The summed E-state index contributed by atoms with van der Waals surface area (Å²) >= 11 is 0. The van der Waals surface area contributed by atoms with Gasteiger partial charge in [0.15, 0.2) is 0 Å². The molecular formula is C20H31ClN2O3. The second-order valence-corrected chi connectivity index (χ2v) is 7.26. The van der Waals surface area contributed by atoms with Gasteiger partial charge in [-0.15, -0.1) is 12.4 Å². The van der Waals surface area contributed by atoms with Crippen LogP contribution in [0.3, 0.4) is 0 Å². The Labute approximate surface area is 162 Å². The molecule has 0 spiro atoms. The fourth-order valence-electron chi connectivity index (χ4n) is 3.92. The van der Waals surface area contributed by atoms with Gasteiger partial charge in [0, 0.05) is 26.2 Å². The van der Waals surface area contributed by atoms with Crippen molar-refractivity contribution in [3.63, 3.8) is 0 Å². The molecule has 2 unspecified atom stereocenters. The van der Waals surface area contributed by atoms with Crippen molar-refractivity contribution in [3.8, 4) is 0 Å². The van der Waals surface area contributed by atoms with Crippen molar-refractivity contribution in [2.24, 2.45) is 5.92 Å². The summed E-state index contributed by atoms with van der Waals surface area (Å²) in [5.74, 6) is 0.320. The van der Waals surface area contributed by atoms with E-state index in [1.165, 1.54) is 11.1 Å². The third-order valence-electron chi connectivity index (χ3n) is 5.59. The fourth-order valence-corrected chi connectivity index (χ4v) is 3.92. The Morgan fingerprint density at radius 1 is 1.31 bits per heavy atom. The van der Waals surface area contributed by atoms with Crippen molar-refractivity contribution < 1.29 is 14.3 Å². The van der Waals surface area contributed by atoms with Crippen LogP contribution in [0.2, 0.25) is 0 Å². The number of carbonyl (C=O) groups is 1. The van der Waals surface area contributed by atoms with Crippen LogP contribution in [-0.4, -0.2) is 44.9 Å². The van der Waals surface area contributed by atoms with Crippen LogP contribution in [0.1, 0.15) is 42.9 Å². The fraction of sp³-hybridized carbons (Fsp3) is 0.650. The Morgan fingerprint density at radius 2 is 2.00 bits per heavy atom. The molecule has 2 aliphatic rings. The largest absolute Gasteiger partial charge is 0.373 e. The molecule has 2 heterocycles. The van der Waals surface area contributed by atoms with E-state index < -0.39 is 5.60 Å². The van der Waals surface area contributed by atoms with Crippen LogP contribution in [0.4, 0.5) is 0 Å². The first-order valence-corrected chi connectivity index (χ1v) is 9.37. The average Bonchev–Trinajstić information content (AvgIpc) is 2.67. The molecule has 26 heavy (non-hydrogen) atoms. The quantitative estimate of drug-likeness (QED) is 0.822. The summed E-state index contributed by atoms with van der Waals surface area (Å²) in [4.78, 5) is 12.8. The van der Waals surface area contributed by atoms with E-state index in [4.69, 9.17) is 9.47 Å². The van der Waals surface area contributed by atoms with Gasteiger partial charge < -0.3 is 20.1 Å². The van der Waals surface area contributed by atoms with Crippen molar-refractivity contribution in [2.75, 3.05) is 33.4 Å². The molecule has 1 aromatic rings. The van der Waals surface area contributed by atoms with Crippen molar-refractivity contribution in [1.82, 2.24) is 10.6 Å². The number of hydrogen-bond acceptors (Lipinski definition) is 4. The number of benzene rings is 1. The molecule has 0 aliphatic carbocycles. The molecule has 1 aromatic carbocycles. The molecule has 2 N–H and O–H groups in total. The standard InChI is InChI=1S/C20H30N2O3.ClH/c1-15-5-7-16(8-6-15)18-17(4-3-13-25-18)14-22-19(23)20(24-2)9-11-21-12-10-20;/h5-8,17-18,21H,3-4,9-14H2,1-2H3,(H,22,23);1H. The lowest BCUT2D eigenvalue weighted by molar-refractivity contribution is -0.147. The Hall–Kier alpha value is -1.14. The minimum atomic E-state index is -0.680. The summed E-state index contributed by atoms with van der Waals surface area (Å²) in [5, 5.41) is 6.44. The van der Waals surface area contributed by atoms with Crippen molar-refractivity contribution >= 4 is 18.3 Å². The topological polar surface area (TPSA) is 59.6 Å². The summed E-state index contributed by atoms with van der Waals surface area (Å²) < 4.78 is 11.7. The number of aryl methyl sites for hydroxylation is 1. The summed E-state index contributed by atoms with van der Waals surface area (Å²) in [6.45, 7) is 5.15.